The number of nitrogens with zero attached hydrogens (tertiary/aromatic N) is 1. The van der Waals surface area contributed by atoms with Crippen molar-refractivity contribution in [3.05, 3.63) is 109 Å². The molecule has 11 heteroatoms. The Bertz CT molecular complexity index is 1370. The molecule has 0 amide bonds. The zero-order valence-corrected chi connectivity index (χ0v) is 37.8. The van der Waals surface area contributed by atoms with Crippen LogP contribution in [0, 0.1) is 0 Å². The molecule has 334 valence electrons. The van der Waals surface area contributed by atoms with Crippen molar-refractivity contribution >= 4 is 19.8 Å². The van der Waals surface area contributed by atoms with E-state index in [0.29, 0.717) is 30.3 Å². The van der Waals surface area contributed by atoms with Crippen molar-refractivity contribution in [2.75, 3.05) is 54.1 Å². The van der Waals surface area contributed by atoms with Gasteiger partial charge in [-0.25, -0.2) is 4.57 Å². The third kappa shape index (κ3) is 44.0. The molecular weight excluding hydrogens is 765 g/mol. The van der Waals surface area contributed by atoms with E-state index < -0.39 is 32.5 Å². The van der Waals surface area contributed by atoms with Gasteiger partial charge in [0.15, 0.2) is 6.10 Å². The molecule has 0 spiro atoms. The molecule has 2 N–H and O–H groups in total. The lowest BCUT2D eigenvalue weighted by Gasteiger charge is -2.24. The Morgan fingerprint density at radius 1 is 0.559 bits per heavy atom. The van der Waals surface area contributed by atoms with Gasteiger partial charge in [-0.3, -0.25) is 18.6 Å². The maximum absolute atomic E-state index is 12.7. The van der Waals surface area contributed by atoms with Crippen molar-refractivity contribution in [1.29, 1.82) is 0 Å². The van der Waals surface area contributed by atoms with Gasteiger partial charge in [0.1, 0.15) is 19.8 Å². The third-order valence-electron chi connectivity index (χ3n) is 8.34. The van der Waals surface area contributed by atoms with E-state index in [2.05, 4.69) is 104 Å². The molecule has 2 atom stereocenters. The van der Waals surface area contributed by atoms with Gasteiger partial charge < -0.3 is 24.0 Å². The average Bonchev–Trinajstić information content (AvgIpc) is 3.19. The van der Waals surface area contributed by atoms with E-state index in [1.54, 1.807) is 0 Å². The van der Waals surface area contributed by atoms with Gasteiger partial charge in [-0.05, 0) is 96.3 Å². The monoisotopic (exact) mass is 845 g/mol. The van der Waals surface area contributed by atoms with Crippen LogP contribution in [0.15, 0.2) is 109 Å². The standard InChI is InChI=1S/C48H78NO9P/c1-5-6-7-8-9-10-11-12-13-15-18-21-24-27-30-33-36-39-47(51)55-44-46(45-57-59(53,54)56-43-41-49(2,3)4)58-48(52)40-37-34-31-28-25-22-19-16-14-17-20-23-26-29-32-35-38-42-50/h6-7,9-10,12-14,17-19,21-23,26-28,30-31,46,50H,5,8,11,15-16,20,24-25,29,32-45H2,1-4H3/p+1/b7-6-,10-9-,13-12-,17-14-,21-18-,22-19-,26-23-,30-27-,31-28-/t46-/m1/s1. The number of rotatable bonds is 38. The smallest absolute Gasteiger partial charge is 0.462 e. The molecule has 0 saturated carbocycles. The second-order valence-corrected chi connectivity index (χ2v) is 16.5. The summed E-state index contributed by atoms with van der Waals surface area (Å²) in [5, 5.41) is 8.80. The highest BCUT2D eigenvalue weighted by Crippen LogP contribution is 2.43. The number of hydrogen-bond acceptors (Lipinski definition) is 8. The summed E-state index contributed by atoms with van der Waals surface area (Å²) in [5.41, 5.74) is 0. The van der Waals surface area contributed by atoms with E-state index in [4.69, 9.17) is 23.6 Å². The minimum absolute atomic E-state index is 0.000986. The molecule has 0 aliphatic heterocycles. The number of hydrogen-bond donors (Lipinski definition) is 2. The molecule has 0 aromatic heterocycles. The van der Waals surface area contributed by atoms with Crippen LogP contribution in [0.25, 0.3) is 0 Å². The fourth-order valence-electron chi connectivity index (χ4n) is 4.96. The topological polar surface area (TPSA) is 129 Å². The lowest BCUT2D eigenvalue weighted by atomic mass is 10.2. The number of aliphatic hydroxyl groups excluding tert-OH is 1. The van der Waals surface area contributed by atoms with Gasteiger partial charge in [-0.2, -0.15) is 0 Å². The maximum atomic E-state index is 12.7. The molecule has 59 heavy (non-hydrogen) atoms. The summed E-state index contributed by atoms with van der Waals surface area (Å²) in [6.07, 6.45) is 51.7. The minimum Gasteiger partial charge on any atom is -0.462 e. The van der Waals surface area contributed by atoms with Gasteiger partial charge in [0, 0.05) is 19.4 Å². The van der Waals surface area contributed by atoms with Crippen LogP contribution in [0.5, 0.6) is 0 Å². The Labute approximate surface area is 358 Å². The Morgan fingerprint density at radius 3 is 1.42 bits per heavy atom. The molecule has 0 aromatic rings. The van der Waals surface area contributed by atoms with Gasteiger partial charge in [0.2, 0.25) is 0 Å². The molecule has 0 rings (SSSR count). The number of phosphoric ester groups is 1. The summed E-state index contributed by atoms with van der Waals surface area (Å²) < 4.78 is 34.1. The largest absolute Gasteiger partial charge is 0.472 e. The van der Waals surface area contributed by atoms with Crippen LogP contribution >= 0.6 is 7.82 Å². The van der Waals surface area contributed by atoms with E-state index >= 15 is 0 Å². The zero-order valence-electron chi connectivity index (χ0n) is 36.9. The first-order valence-electron chi connectivity index (χ1n) is 21.7. The predicted molar refractivity (Wildman–Crippen MR) is 244 cm³/mol. The number of quaternary nitrogens is 1. The summed E-state index contributed by atoms with van der Waals surface area (Å²) in [6.45, 7) is 2.14. The summed E-state index contributed by atoms with van der Waals surface area (Å²) in [5.74, 6) is -0.961. The van der Waals surface area contributed by atoms with Crippen LogP contribution < -0.4 is 0 Å². The van der Waals surface area contributed by atoms with Crippen LogP contribution in [0.3, 0.4) is 0 Å². The number of esters is 2. The average molecular weight is 845 g/mol. The number of phosphoric acid groups is 1. The number of carbonyl (C=O) groups is 2. The second kappa shape index (κ2) is 40.1. The molecular formula is C48H79NO9P+. The van der Waals surface area contributed by atoms with Crippen molar-refractivity contribution in [3.63, 3.8) is 0 Å². The number of likely N-dealkylation sites (N-methyl/N-ethyl adjacent to an activating group) is 1. The van der Waals surface area contributed by atoms with Crippen LogP contribution in [-0.2, 0) is 32.7 Å². The van der Waals surface area contributed by atoms with Crippen LogP contribution in [0.2, 0.25) is 0 Å². The van der Waals surface area contributed by atoms with Gasteiger partial charge in [0.25, 0.3) is 0 Å². The highest BCUT2D eigenvalue weighted by Gasteiger charge is 2.27. The Kier molecular flexibility index (Phi) is 37.8. The molecule has 0 saturated heterocycles. The molecule has 0 aliphatic rings. The van der Waals surface area contributed by atoms with Crippen molar-refractivity contribution in [3.8, 4) is 0 Å². The number of unbranched alkanes of at least 4 members (excludes halogenated alkanes) is 5. The lowest BCUT2D eigenvalue weighted by Crippen LogP contribution is -2.37. The molecule has 0 fully saturated rings. The first-order chi connectivity index (χ1) is 28.5. The van der Waals surface area contributed by atoms with Gasteiger partial charge >= 0.3 is 19.8 Å². The molecule has 0 aliphatic carbocycles. The lowest BCUT2D eigenvalue weighted by molar-refractivity contribution is -0.870. The normalized spacial score (nSPS) is 14.6. The Balaban J connectivity index is 4.58. The second-order valence-electron chi connectivity index (χ2n) is 15.1. The van der Waals surface area contributed by atoms with E-state index in [1.165, 1.54) is 0 Å². The highest BCUT2D eigenvalue weighted by atomic mass is 31.2. The van der Waals surface area contributed by atoms with E-state index in [1.807, 2.05) is 33.3 Å². The Morgan fingerprint density at radius 2 is 0.983 bits per heavy atom. The molecule has 0 radical (unpaired) electrons. The summed E-state index contributed by atoms with van der Waals surface area (Å²) in [4.78, 5) is 35.3. The number of carbonyl (C=O) groups excluding carboxylic acids is 2. The molecule has 1 unspecified atom stereocenters. The fourth-order valence-corrected chi connectivity index (χ4v) is 5.70. The quantitative estimate of drug-likeness (QED) is 0.0205. The van der Waals surface area contributed by atoms with Crippen molar-refractivity contribution in [1.82, 2.24) is 0 Å². The highest BCUT2D eigenvalue weighted by molar-refractivity contribution is 7.47. The van der Waals surface area contributed by atoms with Crippen molar-refractivity contribution in [2.24, 2.45) is 0 Å². The molecule has 0 heterocycles. The van der Waals surface area contributed by atoms with Crippen molar-refractivity contribution in [2.45, 2.75) is 129 Å². The van der Waals surface area contributed by atoms with Crippen molar-refractivity contribution < 1.29 is 47.2 Å². The zero-order chi connectivity index (χ0) is 43.6. The molecule has 10 nitrogen and oxygen atoms in total. The number of aliphatic hydroxyl groups is 1. The van der Waals surface area contributed by atoms with Crippen LogP contribution in [0.1, 0.15) is 122 Å². The summed E-state index contributed by atoms with van der Waals surface area (Å²) >= 11 is 0. The SMILES string of the molecule is CC/C=C\C/C=C\C/C=C\C/C=C\C/C=C\CCCC(=O)OC[C@H](COP(=O)(O)OCC[N+](C)(C)C)OC(=O)CCC/C=C\C/C=C\C/C=C\C/C=C\CCCCCO. The third-order valence-corrected chi connectivity index (χ3v) is 9.33. The summed E-state index contributed by atoms with van der Waals surface area (Å²) in [6, 6.07) is 0. The minimum atomic E-state index is -4.42. The van der Waals surface area contributed by atoms with Crippen LogP contribution in [-0.4, -0.2) is 86.6 Å². The Hall–Kier alpha value is -3.37. The number of allylic oxidation sites excluding steroid dienone is 18. The first-order valence-corrected chi connectivity index (χ1v) is 23.2. The molecule has 0 aromatic carbocycles. The van der Waals surface area contributed by atoms with Crippen LogP contribution in [0.4, 0.5) is 0 Å². The molecule has 0 bridgehead atoms. The first kappa shape index (κ1) is 55.6. The fraction of sp³-hybridized carbons (Fsp3) is 0.583. The van der Waals surface area contributed by atoms with Gasteiger partial charge in [-0.1, -0.05) is 123 Å². The number of ether oxygens (including phenoxy) is 2. The van der Waals surface area contributed by atoms with Gasteiger partial charge in [0.05, 0.1) is 27.7 Å². The predicted octanol–water partition coefficient (Wildman–Crippen LogP) is 11.3. The van der Waals surface area contributed by atoms with Gasteiger partial charge in [-0.15, -0.1) is 0 Å². The van der Waals surface area contributed by atoms with E-state index in [-0.39, 0.29) is 32.7 Å². The van der Waals surface area contributed by atoms with E-state index in [9.17, 15) is 19.0 Å². The summed E-state index contributed by atoms with van der Waals surface area (Å²) in [7, 11) is 1.37. The van der Waals surface area contributed by atoms with E-state index in [0.717, 1.165) is 83.5 Å². The maximum Gasteiger partial charge on any atom is 0.472 e.